The molecule has 1 amide bonds. The lowest BCUT2D eigenvalue weighted by atomic mass is 10.1. The van der Waals surface area contributed by atoms with Gasteiger partial charge in [0, 0.05) is 37.2 Å². The lowest BCUT2D eigenvalue weighted by molar-refractivity contribution is -0.141. The van der Waals surface area contributed by atoms with E-state index in [9.17, 15) is 9.59 Å². The first-order valence-corrected chi connectivity index (χ1v) is 7.23. The Morgan fingerprint density at radius 1 is 1.36 bits per heavy atom. The topological polar surface area (TPSA) is 71.8 Å². The molecule has 0 unspecified atom stereocenters. The Kier molecular flexibility index (Phi) is 3.85. The van der Waals surface area contributed by atoms with E-state index in [1.165, 1.54) is 0 Å². The SMILES string of the molecule is Cn1cc(C(=O)N2CCO[C@@H](CC(=O)O)C2)c2ccccc21. The number of ether oxygens (including phenoxy) is 1. The smallest absolute Gasteiger partial charge is 0.306 e. The second-order valence-electron chi connectivity index (χ2n) is 5.51. The van der Waals surface area contributed by atoms with E-state index < -0.39 is 12.1 Å². The van der Waals surface area contributed by atoms with Crippen molar-refractivity contribution in [3.63, 3.8) is 0 Å². The van der Waals surface area contributed by atoms with Crippen LogP contribution in [-0.4, -0.2) is 52.3 Å². The zero-order valence-corrected chi connectivity index (χ0v) is 12.4. The zero-order chi connectivity index (χ0) is 15.7. The molecule has 0 spiro atoms. The van der Waals surface area contributed by atoms with Crippen LogP contribution in [-0.2, 0) is 16.6 Å². The van der Waals surface area contributed by atoms with Crippen LogP contribution in [0.25, 0.3) is 10.9 Å². The number of para-hydroxylation sites is 1. The van der Waals surface area contributed by atoms with Crippen molar-refractivity contribution in [2.45, 2.75) is 12.5 Å². The average Bonchev–Trinajstić information content (AvgIpc) is 2.84. The van der Waals surface area contributed by atoms with Crippen molar-refractivity contribution in [3.05, 3.63) is 36.0 Å². The fourth-order valence-electron chi connectivity index (χ4n) is 2.90. The summed E-state index contributed by atoms with van der Waals surface area (Å²) in [5.41, 5.74) is 1.65. The summed E-state index contributed by atoms with van der Waals surface area (Å²) in [6.45, 7) is 1.17. The molecule has 1 aromatic heterocycles. The number of aliphatic carboxylic acids is 1. The number of morpholine rings is 1. The summed E-state index contributed by atoms with van der Waals surface area (Å²) >= 11 is 0. The number of carboxylic acid groups (broad SMARTS) is 1. The Balaban J connectivity index is 1.85. The standard InChI is InChI=1S/C16H18N2O4/c1-17-10-13(12-4-2-3-5-14(12)17)16(21)18-6-7-22-11(9-18)8-15(19)20/h2-5,10-11H,6-9H2,1H3,(H,19,20)/t11-/m0/s1. The molecule has 116 valence electrons. The lowest BCUT2D eigenvalue weighted by Crippen LogP contribution is -2.46. The average molecular weight is 302 g/mol. The molecule has 1 aliphatic rings. The molecule has 1 fully saturated rings. The maximum absolute atomic E-state index is 12.8. The van der Waals surface area contributed by atoms with E-state index in [0.717, 1.165) is 10.9 Å². The Bertz CT molecular complexity index is 722. The van der Waals surface area contributed by atoms with E-state index in [2.05, 4.69) is 0 Å². The Hall–Kier alpha value is -2.34. The van der Waals surface area contributed by atoms with Gasteiger partial charge in [0.2, 0.25) is 0 Å². The van der Waals surface area contributed by atoms with Crippen molar-refractivity contribution in [2.75, 3.05) is 19.7 Å². The number of carbonyl (C=O) groups is 2. The summed E-state index contributed by atoms with van der Waals surface area (Å²) in [6.07, 6.45) is 1.30. The molecular weight excluding hydrogens is 284 g/mol. The number of benzene rings is 1. The lowest BCUT2D eigenvalue weighted by Gasteiger charge is -2.32. The van der Waals surface area contributed by atoms with Crippen LogP contribution in [0.15, 0.2) is 30.5 Å². The molecule has 0 saturated carbocycles. The van der Waals surface area contributed by atoms with Gasteiger partial charge in [0.15, 0.2) is 0 Å². The van der Waals surface area contributed by atoms with E-state index in [0.29, 0.717) is 25.3 Å². The maximum atomic E-state index is 12.8. The number of hydrogen-bond acceptors (Lipinski definition) is 3. The van der Waals surface area contributed by atoms with Gasteiger partial charge in [-0.2, -0.15) is 0 Å². The van der Waals surface area contributed by atoms with Crippen LogP contribution in [0.1, 0.15) is 16.8 Å². The molecule has 2 heterocycles. The van der Waals surface area contributed by atoms with Crippen LogP contribution in [0.2, 0.25) is 0 Å². The van der Waals surface area contributed by atoms with Gasteiger partial charge in [-0.3, -0.25) is 9.59 Å². The Morgan fingerprint density at radius 2 is 2.14 bits per heavy atom. The fraction of sp³-hybridized carbons (Fsp3) is 0.375. The third kappa shape index (κ3) is 2.69. The number of fused-ring (bicyclic) bond motifs is 1. The highest BCUT2D eigenvalue weighted by Crippen LogP contribution is 2.23. The van der Waals surface area contributed by atoms with Gasteiger partial charge in [-0.1, -0.05) is 18.2 Å². The maximum Gasteiger partial charge on any atom is 0.306 e. The highest BCUT2D eigenvalue weighted by molar-refractivity contribution is 6.07. The summed E-state index contributed by atoms with van der Waals surface area (Å²) < 4.78 is 7.35. The number of carboxylic acids is 1. The molecule has 1 atom stereocenters. The molecule has 22 heavy (non-hydrogen) atoms. The first-order valence-electron chi connectivity index (χ1n) is 7.23. The van der Waals surface area contributed by atoms with E-state index in [4.69, 9.17) is 9.84 Å². The van der Waals surface area contributed by atoms with Crippen molar-refractivity contribution in [3.8, 4) is 0 Å². The van der Waals surface area contributed by atoms with Crippen molar-refractivity contribution in [2.24, 2.45) is 7.05 Å². The van der Waals surface area contributed by atoms with Crippen LogP contribution in [0.4, 0.5) is 0 Å². The summed E-state index contributed by atoms with van der Waals surface area (Å²) in [7, 11) is 1.91. The van der Waals surface area contributed by atoms with Crippen molar-refractivity contribution in [1.29, 1.82) is 0 Å². The molecule has 3 rings (SSSR count). The second kappa shape index (κ2) is 5.81. The van der Waals surface area contributed by atoms with Crippen molar-refractivity contribution >= 4 is 22.8 Å². The van der Waals surface area contributed by atoms with Crippen LogP contribution in [0.5, 0.6) is 0 Å². The number of rotatable bonds is 3. The zero-order valence-electron chi connectivity index (χ0n) is 12.4. The first-order chi connectivity index (χ1) is 10.6. The second-order valence-corrected chi connectivity index (χ2v) is 5.51. The Labute approximate surface area is 127 Å². The molecule has 0 bridgehead atoms. The van der Waals surface area contributed by atoms with Crippen LogP contribution in [0, 0.1) is 0 Å². The van der Waals surface area contributed by atoms with Crippen LogP contribution in [0.3, 0.4) is 0 Å². The van der Waals surface area contributed by atoms with Crippen molar-refractivity contribution in [1.82, 2.24) is 9.47 Å². The van der Waals surface area contributed by atoms with E-state index in [1.54, 1.807) is 4.90 Å². The predicted molar refractivity (Wildman–Crippen MR) is 80.8 cm³/mol. The van der Waals surface area contributed by atoms with E-state index >= 15 is 0 Å². The summed E-state index contributed by atoms with van der Waals surface area (Å²) in [5.74, 6) is -0.986. The van der Waals surface area contributed by atoms with Gasteiger partial charge in [0.05, 0.1) is 24.7 Å². The molecule has 6 nitrogen and oxygen atoms in total. The number of hydrogen-bond donors (Lipinski definition) is 1. The van der Waals surface area contributed by atoms with Gasteiger partial charge in [0.25, 0.3) is 5.91 Å². The number of aromatic nitrogens is 1. The molecule has 0 radical (unpaired) electrons. The number of nitrogens with zero attached hydrogens (tertiary/aromatic N) is 2. The van der Waals surface area contributed by atoms with Crippen LogP contribution < -0.4 is 0 Å². The van der Waals surface area contributed by atoms with E-state index in [1.807, 2.05) is 42.1 Å². The minimum Gasteiger partial charge on any atom is -0.481 e. The Morgan fingerprint density at radius 3 is 2.91 bits per heavy atom. The van der Waals surface area contributed by atoms with Gasteiger partial charge in [0.1, 0.15) is 0 Å². The number of aryl methyl sites for hydroxylation is 1. The highest BCUT2D eigenvalue weighted by Gasteiger charge is 2.28. The molecular formula is C16H18N2O4. The molecule has 1 saturated heterocycles. The largest absolute Gasteiger partial charge is 0.481 e. The quantitative estimate of drug-likeness (QED) is 0.932. The number of carbonyl (C=O) groups excluding carboxylic acids is 1. The monoisotopic (exact) mass is 302 g/mol. The molecule has 1 aliphatic heterocycles. The van der Waals surface area contributed by atoms with Crippen molar-refractivity contribution < 1.29 is 19.4 Å². The molecule has 1 aromatic carbocycles. The van der Waals surface area contributed by atoms with Gasteiger partial charge in [-0.15, -0.1) is 0 Å². The fourth-order valence-corrected chi connectivity index (χ4v) is 2.90. The number of amides is 1. The van der Waals surface area contributed by atoms with Gasteiger partial charge in [-0.25, -0.2) is 0 Å². The molecule has 0 aliphatic carbocycles. The molecule has 6 heteroatoms. The normalized spacial score (nSPS) is 18.6. The van der Waals surface area contributed by atoms with Crippen LogP contribution >= 0.6 is 0 Å². The molecule has 2 aromatic rings. The summed E-state index contributed by atoms with van der Waals surface area (Å²) in [4.78, 5) is 25.3. The molecule has 1 N–H and O–H groups in total. The minimum atomic E-state index is -0.913. The summed E-state index contributed by atoms with van der Waals surface area (Å²) in [6, 6.07) is 7.75. The van der Waals surface area contributed by atoms with Gasteiger partial charge >= 0.3 is 5.97 Å². The first kappa shape index (κ1) is 14.6. The minimum absolute atomic E-state index is 0.0736. The van der Waals surface area contributed by atoms with Gasteiger partial charge in [-0.05, 0) is 6.07 Å². The van der Waals surface area contributed by atoms with E-state index in [-0.39, 0.29) is 12.3 Å². The van der Waals surface area contributed by atoms with Gasteiger partial charge < -0.3 is 19.3 Å². The predicted octanol–water partition coefficient (Wildman–Crippen LogP) is 1.49. The third-order valence-corrected chi connectivity index (χ3v) is 3.96. The highest BCUT2D eigenvalue weighted by atomic mass is 16.5. The third-order valence-electron chi connectivity index (χ3n) is 3.96. The summed E-state index contributed by atoms with van der Waals surface area (Å²) in [5, 5.41) is 9.78.